The fourth-order valence-electron chi connectivity index (χ4n) is 4.93. The second-order valence-electron chi connectivity index (χ2n) is 13.2. The molecule has 3 aromatic carbocycles. The van der Waals surface area contributed by atoms with E-state index in [4.69, 9.17) is 4.74 Å². The van der Waals surface area contributed by atoms with Gasteiger partial charge >= 0.3 is 6.09 Å². The molecule has 3 rings (SSSR count). The van der Waals surface area contributed by atoms with Crippen LogP contribution in [0.15, 0.2) is 91.0 Å². The standard InChI is InChI=1S/C37H50N4O5/c1-27(2)22-38-23-32(42)31(21-28-15-9-6-10-16-28)39-35(44)34(37(3,4)5)40-33(43)25-41(24-29-17-11-7-12-18-29)36(45)46-26-30-19-13-8-14-20-30/h6-20,27,31-32,34,38,42H,21-26H2,1-5H3,(H,39,44)(H,40,43)/t31-,32+,34+/m0/s1. The van der Waals surface area contributed by atoms with Gasteiger partial charge in [0.1, 0.15) is 19.2 Å². The molecule has 46 heavy (non-hydrogen) atoms. The van der Waals surface area contributed by atoms with Crippen molar-refractivity contribution in [3.05, 3.63) is 108 Å². The third kappa shape index (κ3) is 12.7. The number of amides is 3. The molecule has 0 aliphatic heterocycles. The van der Waals surface area contributed by atoms with E-state index >= 15 is 0 Å². The molecule has 0 saturated carbocycles. The molecule has 0 heterocycles. The Bertz CT molecular complexity index is 1350. The van der Waals surface area contributed by atoms with Gasteiger partial charge in [0.05, 0.1) is 12.1 Å². The molecular formula is C37H50N4O5. The van der Waals surface area contributed by atoms with Crippen molar-refractivity contribution in [2.45, 2.75) is 72.4 Å². The summed E-state index contributed by atoms with van der Waals surface area (Å²) in [5.41, 5.74) is 1.96. The van der Waals surface area contributed by atoms with E-state index in [9.17, 15) is 19.5 Å². The second-order valence-corrected chi connectivity index (χ2v) is 13.2. The third-order valence-electron chi connectivity index (χ3n) is 7.44. The summed E-state index contributed by atoms with van der Waals surface area (Å²) in [6, 6.07) is 26.8. The quantitative estimate of drug-likeness (QED) is 0.182. The van der Waals surface area contributed by atoms with Gasteiger partial charge in [-0.2, -0.15) is 0 Å². The zero-order valence-electron chi connectivity index (χ0n) is 27.7. The predicted octanol–water partition coefficient (Wildman–Crippen LogP) is 4.69. The number of benzene rings is 3. The number of ether oxygens (including phenoxy) is 1. The van der Waals surface area contributed by atoms with Gasteiger partial charge in [-0.15, -0.1) is 0 Å². The zero-order chi connectivity index (χ0) is 33.5. The van der Waals surface area contributed by atoms with Crippen molar-refractivity contribution in [2.75, 3.05) is 19.6 Å². The van der Waals surface area contributed by atoms with Crippen molar-refractivity contribution in [1.82, 2.24) is 20.9 Å². The summed E-state index contributed by atoms with van der Waals surface area (Å²) in [7, 11) is 0. The topological polar surface area (TPSA) is 120 Å². The number of rotatable bonds is 16. The average Bonchev–Trinajstić information content (AvgIpc) is 3.02. The third-order valence-corrected chi connectivity index (χ3v) is 7.44. The molecule has 9 heteroatoms. The van der Waals surface area contributed by atoms with E-state index in [1.165, 1.54) is 4.90 Å². The number of nitrogens with zero attached hydrogens (tertiary/aromatic N) is 1. The normalized spacial score (nSPS) is 13.4. The first kappa shape index (κ1) is 36.3. The van der Waals surface area contributed by atoms with Crippen LogP contribution in [0.4, 0.5) is 4.79 Å². The maximum absolute atomic E-state index is 13.8. The van der Waals surface area contributed by atoms with E-state index in [1.807, 2.05) is 112 Å². The van der Waals surface area contributed by atoms with Crippen molar-refractivity contribution in [3.63, 3.8) is 0 Å². The first-order chi connectivity index (χ1) is 21.9. The van der Waals surface area contributed by atoms with Gasteiger partial charge in [-0.1, -0.05) is 126 Å². The number of aliphatic hydroxyl groups is 1. The maximum Gasteiger partial charge on any atom is 0.410 e. The Balaban J connectivity index is 1.73. The van der Waals surface area contributed by atoms with E-state index < -0.39 is 41.5 Å². The van der Waals surface area contributed by atoms with Gasteiger partial charge in [0.25, 0.3) is 0 Å². The molecule has 3 amide bonds. The van der Waals surface area contributed by atoms with Crippen molar-refractivity contribution >= 4 is 17.9 Å². The summed E-state index contributed by atoms with van der Waals surface area (Å²) in [6.07, 6.45) is -1.08. The Morgan fingerprint density at radius 3 is 1.87 bits per heavy atom. The Hall–Kier alpha value is -4.21. The highest BCUT2D eigenvalue weighted by molar-refractivity contribution is 5.90. The molecule has 0 aromatic heterocycles. The minimum atomic E-state index is -0.937. The van der Waals surface area contributed by atoms with Crippen LogP contribution >= 0.6 is 0 Å². The molecule has 9 nitrogen and oxygen atoms in total. The minimum absolute atomic E-state index is 0.0662. The molecule has 0 unspecified atom stereocenters. The summed E-state index contributed by atoms with van der Waals surface area (Å²) >= 11 is 0. The van der Waals surface area contributed by atoms with Gasteiger partial charge in [-0.05, 0) is 41.0 Å². The highest BCUT2D eigenvalue weighted by Gasteiger charge is 2.35. The first-order valence-electron chi connectivity index (χ1n) is 15.9. The summed E-state index contributed by atoms with van der Waals surface area (Å²) in [5, 5.41) is 20.3. The molecular weight excluding hydrogens is 580 g/mol. The van der Waals surface area contributed by atoms with Gasteiger partial charge in [-0.3, -0.25) is 14.5 Å². The SMILES string of the molecule is CC(C)CNC[C@@H](O)[C@H](Cc1ccccc1)NC(=O)[C@@H](NC(=O)CN(Cc1ccccc1)C(=O)OCc1ccccc1)C(C)(C)C. The number of carbonyl (C=O) groups is 3. The number of carbonyl (C=O) groups excluding carboxylic acids is 3. The van der Waals surface area contributed by atoms with E-state index in [1.54, 1.807) is 0 Å². The van der Waals surface area contributed by atoms with Crippen LogP contribution in [0.25, 0.3) is 0 Å². The highest BCUT2D eigenvalue weighted by atomic mass is 16.6. The van der Waals surface area contributed by atoms with Gasteiger partial charge in [-0.25, -0.2) is 4.79 Å². The molecule has 0 fully saturated rings. The number of nitrogens with one attached hydrogen (secondary N) is 3. The van der Waals surface area contributed by atoms with Crippen LogP contribution in [0, 0.1) is 11.3 Å². The van der Waals surface area contributed by atoms with E-state index in [2.05, 4.69) is 29.8 Å². The van der Waals surface area contributed by atoms with Gasteiger partial charge in [0.15, 0.2) is 0 Å². The fourth-order valence-corrected chi connectivity index (χ4v) is 4.93. The van der Waals surface area contributed by atoms with Crippen molar-refractivity contribution < 1.29 is 24.2 Å². The molecule has 248 valence electrons. The number of aliphatic hydroxyl groups excluding tert-OH is 1. The summed E-state index contributed by atoms with van der Waals surface area (Å²) in [5.74, 6) is -0.501. The van der Waals surface area contributed by atoms with Crippen LogP contribution in [0.5, 0.6) is 0 Å². The lowest BCUT2D eigenvalue weighted by Gasteiger charge is -2.34. The van der Waals surface area contributed by atoms with E-state index in [-0.39, 0.29) is 19.7 Å². The minimum Gasteiger partial charge on any atom is -0.445 e. The molecule has 0 spiro atoms. The lowest BCUT2D eigenvalue weighted by Crippen LogP contribution is -2.59. The largest absolute Gasteiger partial charge is 0.445 e. The van der Waals surface area contributed by atoms with Crippen LogP contribution in [0.1, 0.15) is 51.3 Å². The van der Waals surface area contributed by atoms with Crippen LogP contribution in [-0.2, 0) is 33.9 Å². The number of hydrogen-bond donors (Lipinski definition) is 4. The summed E-state index contributed by atoms with van der Waals surface area (Å²) in [4.78, 5) is 41.9. The van der Waals surface area contributed by atoms with E-state index in [0.29, 0.717) is 18.9 Å². The predicted molar refractivity (Wildman–Crippen MR) is 181 cm³/mol. The molecule has 3 aromatic rings. The maximum atomic E-state index is 13.8. The van der Waals surface area contributed by atoms with Gasteiger partial charge in [0, 0.05) is 13.1 Å². The van der Waals surface area contributed by atoms with Crippen molar-refractivity contribution in [2.24, 2.45) is 11.3 Å². The lowest BCUT2D eigenvalue weighted by atomic mass is 9.85. The van der Waals surface area contributed by atoms with Crippen LogP contribution in [0.3, 0.4) is 0 Å². The molecule has 0 radical (unpaired) electrons. The smallest absolute Gasteiger partial charge is 0.410 e. The van der Waals surface area contributed by atoms with Crippen molar-refractivity contribution in [1.29, 1.82) is 0 Å². The Labute approximate surface area is 273 Å². The van der Waals surface area contributed by atoms with Gasteiger partial charge in [0.2, 0.25) is 11.8 Å². The van der Waals surface area contributed by atoms with Gasteiger partial charge < -0.3 is 25.8 Å². The van der Waals surface area contributed by atoms with Crippen LogP contribution in [0.2, 0.25) is 0 Å². The summed E-state index contributed by atoms with van der Waals surface area (Å²) in [6.45, 7) is 10.7. The molecule has 0 aliphatic carbocycles. The van der Waals surface area contributed by atoms with Crippen molar-refractivity contribution in [3.8, 4) is 0 Å². The fraction of sp³-hybridized carbons (Fsp3) is 0.432. The lowest BCUT2D eigenvalue weighted by molar-refractivity contribution is -0.133. The van der Waals surface area contributed by atoms with E-state index in [0.717, 1.165) is 23.2 Å². The first-order valence-corrected chi connectivity index (χ1v) is 15.9. The second kappa shape index (κ2) is 18.1. The molecule has 4 N–H and O–H groups in total. The molecule has 3 atom stereocenters. The molecule has 0 bridgehead atoms. The Morgan fingerprint density at radius 2 is 1.33 bits per heavy atom. The highest BCUT2D eigenvalue weighted by Crippen LogP contribution is 2.21. The number of hydrogen-bond acceptors (Lipinski definition) is 6. The summed E-state index contributed by atoms with van der Waals surface area (Å²) < 4.78 is 5.56. The monoisotopic (exact) mass is 630 g/mol. The Kier molecular flexibility index (Phi) is 14.2. The average molecular weight is 631 g/mol. The van der Waals surface area contributed by atoms with Crippen LogP contribution in [-0.4, -0.2) is 65.7 Å². The zero-order valence-corrected chi connectivity index (χ0v) is 27.7. The molecule has 0 saturated heterocycles. The Morgan fingerprint density at radius 1 is 0.783 bits per heavy atom. The van der Waals surface area contributed by atoms with Crippen LogP contribution < -0.4 is 16.0 Å². The molecule has 0 aliphatic rings.